The maximum Gasteiger partial charge on any atom is 0.343 e. The molecule has 0 saturated heterocycles. The van der Waals surface area contributed by atoms with E-state index in [1.165, 1.54) is 31.4 Å². The summed E-state index contributed by atoms with van der Waals surface area (Å²) in [5, 5.41) is 0.0351. The van der Waals surface area contributed by atoms with Crippen LogP contribution in [0.15, 0.2) is 58.4 Å². The van der Waals surface area contributed by atoms with Crippen molar-refractivity contribution in [1.29, 1.82) is 0 Å². The standard InChI is InChI=1S/C19H17NO6S/c1-12-4-7-14(8-5-12)27(23,24)20-11-16(19(22)26-3)18(21)15-10-13(25-2)6-9-17(15)20/h4-11H,1-3H3. The third kappa shape index (κ3) is 3.19. The molecule has 7 nitrogen and oxygen atoms in total. The number of hydrogen-bond donors (Lipinski definition) is 0. The molecule has 0 unspecified atom stereocenters. The summed E-state index contributed by atoms with van der Waals surface area (Å²) in [6, 6.07) is 10.7. The van der Waals surface area contributed by atoms with Crippen molar-refractivity contribution in [3.63, 3.8) is 0 Å². The Kier molecular flexibility index (Phi) is 4.75. The van der Waals surface area contributed by atoms with Gasteiger partial charge in [0.05, 0.1) is 30.0 Å². The predicted octanol–water partition coefficient (Wildman–Crippen LogP) is 2.34. The number of carbonyl (C=O) groups is 1. The number of pyridine rings is 1. The van der Waals surface area contributed by atoms with Gasteiger partial charge in [-0.3, -0.25) is 4.79 Å². The van der Waals surface area contributed by atoms with Gasteiger partial charge in [0.15, 0.2) is 0 Å². The second-order valence-corrected chi connectivity index (χ2v) is 7.68. The Morgan fingerprint density at radius 2 is 1.70 bits per heavy atom. The third-order valence-electron chi connectivity index (χ3n) is 4.16. The first-order valence-corrected chi connectivity index (χ1v) is 9.37. The van der Waals surface area contributed by atoms with E-state index >= 15 is 0 Å². The van der Waals surface area contributed by atoms with Crippen LogP contribution in [0.3, 0.4) is 0 Å². The zero-order valence-electron chi connectivity index (χ0n) is 14.9. The Morgan fingerprint density at radius 3 is 2.30 bits per heavy atom. The van der Waals surface area contributed by atoms with Crippen LogP contribution in [0.4, 0.5) is 0 Å². The molecule has 3 aromatic rings. The second kappa shape index (κ2) is 6.88. The topological polar surface area (TPSA) is 91.7 Å². The van der Waals surface area contributed by atoms with Gasteiger partial charge in [-0.1, -0.05) is 17.7 Å². The van der Waals surface area contributed by atoms with Gasteiger partial charge in [0.1, 0.15) is 11.3 Å². The van der Waals surface area contributed by atoms with E-state index in [0.717, 1.165) is 22.8 Å². The Labute approximate surface area is 155 Å². The number of esters is 1. The zero-order chi connectivity index (χ0) is 19.8. The van der Waals surface area contributed by atoms with Gasteiger partial charge in [0.2, 0.25) is 5.43 Å². The molecule has 0 N–H and O–H groups in total. The molecule has 0 aliphatic heterocycles. The third-order valence-corrected chi connectivity index (χ3v) is 5.85. The quantitative estimate of drug-likeness (QED) is 0.638. The van der Waals surface area contributed by atoms with Crippen LogP contribution in [0.5, 0.6) is 5.75 Å². The van der Waals surface area contributed by atoms with Crippen LogP contribution in [-0.2, 0) is 14.8 Å². The number of carbonyl (C=O) groups excluding carboxylic acids is 1. The van der Waals surface area contributed by atoms with Crippen molar-refractivity contribution < 1.29 is 22.7 Å². The van der Waals surface area contributed by atoms with E-state index < -0.39 is 21.4 Å². The van der Waals surface area contributed by atoms with Gasteiger partial charge in [0.25, 0.3) is 10.0 Å². The largest absolute Gasteiger partial charge is 0.497 e. The van der Waals surface area contributed by atoms with Gasteiger partial charge in [-0.25, -0.2) is 17.2 Å². The van der Waals surface area contributed by atoms with E-state index in [1.54, 1.807) is 18.2 Å². The molecule has 8 heteroatoms. The number of aryl methyl sites for hydroxylation is 1. The number of methoxy groups -OCH3 is 2. The fraction of sp³-hybridized carbons (Fsp3) is 0.158. The first-order valence-electron chi connectivity index (χ1n) is 7.93. The molecule has 0 saturated carbocycles. The zero-order valence-corrected chi connectivity index (χ0v) is 15.7. The maximum atomic E-state index is 13.2. The SMILES string of the molecule is COC(=O)c1cn(S(=O)(=O)c2ccc(C)cc2)c2ccc(OC)cc2c1=O. The summed E-state index contributed by atoms with van der Waals surface area (Å²) in [4.78, 5) is 24.8. The molecule has 3 rings (SSSR count). The van der Waals surface area contributed by atoms with Crippen LogP contribution in [0.2, 0.25) is 0 Å². The highest BCUT2D eigenvalue weighted by atomic mass is 32.2. The molecule has 0 spiro atoms. The number of fused-ring (bicyclic) bond motifs is 1. The van der Waals surface area contributed by atoms with Crippen molar-refractivity contribution >= 4 is 26.9 Å². The highest BCUT2D eigenvalue weighted by Crippen LogP contribution is 2.23. The van der Waals surface area contributed by atoms with Gasteiger partial charge in [0, 0.05) is 6.20 Å². The lowest BCUT2D eigenvalue weighted by Gasteiger charge is -2.14. The fourth-order valence-corrected chi connectivity index (χ4v) is 4.05. The number of hydrogen-bond acceptors (Lipinski definition) is 6. The molecule has 0 bridgehead atoms. The summed E-state index contributed by atoms with van der Waals surface area (Å²) >= 11 is 0. The van der Waals surface area contributed by atoms with E-state index in [4.69, 9.17) is 4.74 Å². The molecule has 1 heterocycles. The van der Waals surface area contributed by atoms with Gasteiger partial charge < -0.3 is 9.47 Å². The molecular weight excluding hydrogens is 370 g/mol. The molecule has 0 aliphatic rings. The minimum absolute atomic E-state index is 0.0321. The fourth-order valence-electron chi connectivity index (χ4n) is 2.68. The van der Waals surface area contributed by atoms with Crippen molar-refractivity contribution in [1.82, 2.24) is 3.97 Å². The summed E-state index contributed by atoms with van der Waals surface area (Å²) in [6.07, 6.45) is 0.998. The molecular formula is C19H17NO6S. The minimum Gasteiger partial charge on any atom is -0.497 e. The van der Waals surface area contributed by atoms with Crippen LogP contribution >= 0.6 is 0 Å². The Morgan fingerprint density at radius 1 is 1.04 bits per heavy atom. The first-order chi connectivity index (χ1) is 12.8. The highest BCUT2D eigenvalue weighted by molar-refractivity contribution is 7.90. The van der Waals surface area contributed by atoms with Crippen molar-refractivity contribution in [2.45, 2.75) is 11.8 Å². The average Bonchev–Trinajstić information content (AvgIpc) is 2.67. The molecule has 1 aromatic heterocycles. The first kappa shape index (κ1) is 18.7. The Bertz CT molecular complexity index is 1190. The molecule has 0 radical (unpaired) electrons. The lowest BCUT2D eigenvalue weighted by molar-refractivity contribution is 0.0599. The summed E-state index contributed by atoms with van der Waals surface area (Å²) in [5.41, 5.74) is 0.0211. The molecule has 2 aromatic carbocycles. The molecule has 0 amide bonds. The lowest BCUT2D eigenvalue weighted by atomic mass is 10.1. The van der Waals surface area contributed by atoms with Crippen molar-refractivity contribution in [2.24, 2.45) is 0 Å². The van der Waals surface area contributed by atoms with Crippen LogP contribution < -0.4 is 10.2 Å². The highest BCUT2D eigenvalue weighted by Gasteiger charge is 2.24. The molecule has 140 valence electrons. The van der Waals surface area contributed by atoms with Gasteiger partial charge in [-0.05, 0) is 37.3 Å². The van der Waals surface area contributed by atoms with Gasteiger partial charge in [-0.15, -0.1) is 0 Å². The van der Waals surface area contributed by atoms with Crippen molar-refractivity contribution in [3.8, 4) is 5.75 Å². The monoisotopic (exact) mass is 387 g/mol. The lowest BCUT2D eigenvalue weighted by Crippen LogP contribution is -2.23. The van der Waals surface area contributed by atoms with Crippen molar-refractivity contribution in [2.75, 3.05) is 14.2 Å². The predicted molar refractivity (Wildman–Crippen MR) is 99.9 cm³/mol. The number of aromatic nitrogens is 1. The van der Waals surface area contributed by atoms with Crippen LogP contribution in [0.25, 0.3) is 10.9 Å². The van der Waals surface area contributed by atoms with E-state index in [1.807, 2.05) is 6.92 Å². The molecule has 0 atom stereocenters. The van der Waals surface area contributed by atoms with E-state index in [9.17, 15) is 18.0 Å². The average molecular weight is 387 g/mol. The number of ether oxygens (including phenoxy) is 2. The second-order valence-electron chi connectivity index (χ2n) is 5.86. The van der Waals surface area contributed by atoms with Crippen LogP contribution in [0.1, 0.15) is 15.9 Å². The minimum atomic E-state index is -4.05. The summed E-state index contributed by atoms with van der Waals surface area (Å²) < 4.78 is 37.0. The Hall–Kier alpha value is -3.13. The molecule has 27 heavy (non-hydrogen) atoms. The Balaban J connectivity index is 2.41. The normalized spacial score (nSPS) is 11.4. The smallest absolute Gasteiger partial charge is 0.343 e. The summed E-state index contributed by atoms with van der Waals surface area (Å²) in [6.45, 7) is 1.84. The summed E-state index contributed by atoms with van der Waals surface area (Å²) in [7, 11) is -1.51. The number of rotatable bonds is 4. The molecule has 0 aliphatic carbocycles. The van der Waals surface area contributed by atoms with E-state index in [0.29, 0.717) is 5.75 Å². The van der Waals surface area contributed by atoms with E-state index in [-0.39, 0.29) is 21.4 Å². The van der Waals surface area contributed by atoms with Crippen molar-refractivity contribution in [3.05, 3.63) is 70.0 Å². The van der Waals surface area contributed by atoms with Crippen LogP contribution in [-0.4, -0.2) is 32.6 Å². The summed E-state index contributed by atoms with van der Waals surface area (Å²) in [5.74, 6) is -0.557. The van der Waals surface area contributed by atoms with E-state index in [2.05, 4.69) is 4.74 Å². The molecule has 0 fully saturated rings. The van der Waals surface area contributed by atoms with Gasteiger partial charge >= 0.3 is 5.97 Å². The maximum absolute atomic E-state index is 13.2. The van der Waals surface area contributed by atoms with Crippen LogP contribution in [0, 0.1) is 6.92 Å². The number of nitrogens with zero attached hydrogens (tertiary/aromatic N) is 1. The van der Waals surface area contributed by atoms with Gasteiger partial charge in [-0.2, -0.15) is 0 Å². The number of benzene rings is 2.